The van der Waals surface area contributed by atoms with E-state index in [0.29, 0.717) is 11.4 Å². The minimum Gasteiger partial charge on any atom is -0.505 e. The molecule has 0 atom stereocenters. The van der Waals surface area contributed by atoms with Gasteiger partial charge in [-0.1, -0.05) is 23.7 Å². The van der Waals surface area contributed by atoms with Crippen LogP contribution in [0, 0.1) is 24.1 Å². The van der Waals surface area contributed by atoms with Crippen LogP contribution >= 0.6 is 11.6 Å². The molecule has 0 radical (unpaired) electrons. The zero-order valence-electron chi connectivity index (χ0n) is 16.2. The van der Waals surface area contributed by atoms with Crippen LogP contribution in [0.3, 0.4) is 0 Å². The number of nitriles is 1. The topological polar surface area (TPSA) is 91.8 Å². The lowest BCUT2D eigenvalue weighted by Crippen LogP contribution is -2.23. The van der Waals surface area contributed by atoms with Crippen molar-refractivity contribution in [2.75, 3.05) is 0 Å². The van der Waals surface area contributed by atoms with Crippen molar-refractivity contribution >= 4 is 34.3 Å². The summed E-state index contributed by atoms with van der Waals surface area (Å²) < 4.78 is 15.0. The van der Waals surface area contributed by atoms with Gasteiger partial charge in [-0.15, -0.1) is 0 Å². The van der Waals surface area contributed by atoms with Crippen molar-refractivity contribution in [3.8, 4) is 11.8 Å². The molecule has 0 spiro atoms. The third-order valence-electron chi connectivity index (χ3n) is 4.61. The van der Waals surface area contributed by atoms with E-state index >= 15 is 0 Å². The molecule has 0 unspecified atom stereocenters. The molecule has 0 aliphatic rings. The lowest BCUT2D eigenvalue weighted by molar-refractivity contribution is 0.511. The number of aliphatic hydroxyl groups is 1. The average Bonchev–Trinajstić information content (AvgIpc) is 2.75. The summed E-state index contributed by atoms with van der Waals surface area (Å²) in [5.41, 5.74) is 0.806. The van der Waals surface area contributed by atoms with Crippen LogP contribution in [-0.4, -0.2) is 19.6 Å². The first-order chi connectivity index (χ1) is 14.9. The Balaban J connectivity index is 2.05. The van der Waals surface area contributed by atoms with Crippen LogP contribution in [-0.2, 0) is 0 Å². The number of para-hydroxylation sites is 1. The number of nitrogens with zero attached hydrogens (tertiary/aromatic N) is 4. The summed E-state index contributed by atoms with van der Waals surface area (Å²) >= 11 is 6.31. The Labute approximate surface area is 181 Å². The highest BCUT2D eigenvalue weighted by Gasteiger charge is 2.17. The number of benzene rings is 2. The summed E-state index contributed by atoms with van der Waals surface area (Å²) in [4.78, 5) is 21.9. The molecule has 8 heteroatoms. The zero-order chi connectivity index (χ0) is 22.1. The third kappa shape index (κ3) is 3.77. The number of aromatic nitrogens is 3. The van der Waals surface area contributed by atoms with Crippen LogP contribution in [0.1, 0.15) is 22.8 Å². The Morgan fingerprint density at radius 1 is 1.19 bits per heavy atom. The number of hydrogen-bond acceptors (Lipinski definition) is 5. The van der Waals surface area contributed by atoms with Gasteiger partial charge in [-0.25, -0.2) is 14.4 Å². The van der Waals surface area contributed by atoms with E-state index in [4.69, 9.17) is 11.6 Å². The fourth-order valence-electron chi connectivity index (χ4n) is 3.17. The van der Waals surface area contributed by atoms with Gasteiger partial charge in [0.15, 0.2) is 0 Å². The first kappa shape index (κ1) is 20.3. The van der Waals surface area contributed by atoms with Crippen molar-refractivity contribution in [3.05, 3.63) is 98.6 Å². The van der Waals surface area contributed by atoms with Crippen LogP contribution < -0.4 is 5.56 Å². The predicted molar refractivity (Wildman–Crippen MR) is 116 cm³/mol. The first-order valence-electron chi connectivity index (χ1n) is 9.15. The monoisotopic (exact) mass is 432 g/mol. The average molecular weight is 433 g/mol. The van der Waals surface area contributed by atoms with Crippen molar-refractivity contribution in [3.63, 3.8) is 0 Å². The Morgan fingerprint density at radius 2 is 1.97 bits per heavy atom. The Bertz CT molecular complexity index is 1470. The number of hydrogen-bond donors (Lipinski definition) is 1. The normalized spacial score (nSPS) is 11.5. The molecule has 0 saturated heterocycles. The number of pyridine rings is 1. The molecule has 1 N–H and O–H groups in total. The minimum absolute atomic E-state index is 0.0434. The number of halogens is 2. The molecule has 2 aromatic carbocycles. The fraction of sp³-hybridized carbons (Fsp3) is 0.0435. The molecule has 0 fully saturated rings. The predicted octanol–water partition coefficient (Wildman–Crippen LogP) is 4.81. The molecule has 0 amide bonds. The highest BCUT2D eigenvalue weighted by atomic mass is 35.5. The van der Waals surface area contributed by atoms with Gasteiger partial charge in [0.2, 0.25) is 0 Å². The van der Waals surface area contributed by atoms with E-state index in [0.717, 1.165) is 6.07 Å². The van der Waals surface area contributed by atoms with Gasteiger partial charge >= 0.3 is 0 Å². The van der Waals surface area contributed by atoms with Crippen LogP contribution in [0.4, 0.5) is 4.39 Å². The third-order valence-corrected chi connectivity index (χ3v) is 4.93. The van der Waals surface area contributed by atoms with Gasteiger partial charge in [-0.3, -0.25) is 9.36 Å². The van der Waals surface area contributed by atoms with Gasteiger partial charge in [0.05, 0.1) is 27.2 Å². The van der Waals surface area contributed by atoms with Gasteiger partial charge in [-0.2, -0.15) is 5.26 Å². The molecule has 0 saturated carbocycles. The molecule has 4 aromatic rings. The maximum absolute atomic E-state index is 13.8. The summed E-state index contributed by atoms with van der Waals surface area (Å²) in [6.07, 6.45) is 1.23. The van der Waals surface area contributed by atoms with Gasteiger partial charge in [0.1, 0.15) is 29.2 Å². The van der Waals surface area contributed by atoms with E-state index in [1.54, 1.807) is 43.3 Å². The maximum atomic E-state index is 13.8. The molecule has 2 aromatic heterocycles. The van der Waals surface area contributed by atoms with E-state index in [1.807, 2.05) is 6.07 Å². The molecular weight excluding hydrogens is 419 g/mol. The Kier molecular flexibility index (Phi) is 5.24. The highest BCUT2D eigenvalue weighted by Crippen LogP contribution is 2.24. The minimum atomic E-state index is -0.578. The van der Waals surface area contributed by atoms with Crippen LogP contribution in [0.15, 0.2) is 59.4 Å². The largest absolute Gasteiger partial charge is 0.505 e. The van der Waals surface area contributed by atoms with Gasteiger partial charge in [0, 0.05) is 11.8 Å². The molecule has 152 valence electrons. The number of fused-ring (bicyclic) bond motifs is 1. The second-order valence-electron chi connectivity index (χ2n) is 6.71. The van der Waals surface area contributed by atoms with Crippen molar-refractivity contribution in [2.24, 2.45) is 0 Å². The van der Waals surface area contributed by atoms with E-state index in [1.165, 1.54) is 22.8 Å². The van der Waals surface area contributed by atoms with Crippen molar-refractivity contribution in [2.45, 2.75) is 6.92 Å². The van der Waals surface area contributed by atoms with Crippen molar-refractivity contribution in [1.29, 1.82) is 5.26 Å². The van der Waals surface area contributed by atoms with Gasteiger partial charge < -0.3 is 5.11 Å². The molecule has 4 rings (SSSR count). The van der Waals surface area contributed by atoms with Crippen LogP contribution in [0.2, 0.25) is 5.02 Å². The molecule has 0 aliphatic heterocycles. The molecular formula is C23H14ClFN4O2. The summed E-state index contributed by atoms with van der Waals surface area (Å²) in [7, 11) is 0. The molecule has 0 aliphatic carbocycles. The maximum Gasteiger partial charge on any atom is 0.266 e. The van der Waals surface area contributed by atoms with Crippen LogP contribution in [0.5, 0.6) is 0 Å². The van der Waals surface area contributed by atoms with Crippen molar-refractivity contribution < 1.29 is 9.50 Å². The summed E-state index contributed by atoms with van der Waals surface area (Å²) in [5, 5.41) is 20.4. The molecule has 2 heterocycles. The quantitative estimate of drug-likeness (QED) is 0.469. The van der Waals surface area contributed by atoms with Crippen LogP contribution in [0.25, 0.3) is 28.4 Å². The van der Waals surface area contributed by atoms with E-state index in [9.17, 15) is 19.6 Å². The summed E-state index contributed by atoms with van der Waals surface area (Å²) in [5.74, 6) is -0.887. The number of aryl methyl sites for hydroxylation is 1. The first-order valence-corrected chi connectivity index (χ1v) is 9.53. The standard InChI is InChI=1S/C23H14ClFN4O2/c1-13-6-7-14(12-26)22(27-13)20(30)11-21-28-18-9-8-15(25)10-16(18)23(31)29(21)19-5-3-2-4-17(19)24/h2-11,30H,1H3/b20-11+. The summed E-state index contributed by atoms with van der Waals surface area (Å²) in [6, 6.07) is 15.4. The lowest BCUT2D eigenvalue weighted by Gasteiger charge is -2.13. The number of rotatable bonds is 3. The van der Waals surface area contributed by atoms with E-state index in [-0.39, 0.29) is 38.8 Å². The Hall–Kier alpha value is -4.02. The molecule has 0 bridgehead atoms. The SMILES string of the molecule is Cc1ccc(C#N)c(/C(O)=C\c2nc3ccc(F)cc3c(=O)n2-c2ccccc2Cl)n1. The van der Waals surface area contributed by atoms with Gasteiger partial charge in [-0.05, 0) is 49.4 Å². The smallest absolute Gasteiger partial charge is 0.266 e. The van der Waals surface area contributed by atoms with E-state index in [2.05, 4.69) is 9.97 Å². The fourth-order valence-corrected chi connectivity index (χ4v) is 3.39. The molecule has 31 heavy (non-hydrogen) atoms. The van der Waals surface area contributed by atoms with E-state index < -0.39 is 11.4 Å². The highest BCUT2D eigenvalue weighted by molar-refractivity contribution is 6.32. The zero-order valence-corrected chi connectivity index (χ0v) is 16.9. The number of aliphatic hydroxyl groups excluding tert-OH is 1. The second kappa shape index (κ2) is 8.01. The summed E-state index contributed by atoms with van der Waals surface area (Å²) in [6.45, 7) is 1.72. The van der Waals surface area contributed by atoms with Crippen molar-refractivity contribution in [1.82, 2.24) is 14.5 Å². The second-order valence-corrected chi connectivity index (χ2v) is 7.12. The van der Waals surface area contributed by atoms with Gasteiger partial charge in [0.25, 0.3) is 5.56 Å². The Morgan fingerprint density at radius 3 is 2.71 bits per heavy atom. The molecule has 6 nitrogen and oxygen atoms in total. The lowest BCUT2D eigenvalue weighted by atomic mass is 10.1.